The van der Waals surface area contributed by atoms with E-state index in [2.05, 4.69) is 16.7 Å². The largest absolute Gasteiger partial charge is 0.478 e. The molecular weight excluding hydrogens is 621 g/mol. The van der Waals surface area contributed by atoms with Crippen molar-refractivity contribution in [1.29, 1.82) is 0 Å². The maximum Gasteiger partial charge on any atom is 0.339 e. The van der Waals surface area contributed by atoms with Crippen LogP contribution in [0.4, 0.5) is 5.69 Å². The lowest BCUT2D eigenvalue weighted by Gasteiger charge is -2.25. The van der Waals surface area contributed by atoms with Crippen molar-refractivity contribution in [3.8, 4) is 0 Å². The number of aromatic nitrogens is 3. The first kappa shape index (κ1) is 37.7. The van der Waals surface area contributed by atoms with Crippen LogP contribution in [-0.4, -0.2) is 45.8 Å². The number of ketones is 1. The van der Waals surface area contributed by atoms with Crippen LogP contribution in [0.25, 0.3) is 10.2 Å². The van der Waals surface area contributed by atoms with Crippen molar-refractivity contribution >= 4 is 49.0 Å². The summed E-state index contributed by atoms with van der Waals surface area (Å²) in [7, 11) is -3.60. The fourth-order valence-corrected chi connectivity index (χ4v) is 8.01. The monoisotopic (exact) mass is 674 g/mol. The zero-order valence-corrected chi connectivity index (χ0v) is 30.1. The molecule has 1 atom stereocenters. The number of carboxylic acids is 1. The van der Waals surface area contributed by atoms with Gasteiger partial charge in [0, 0.05) is 5.41 Å². The summed E-state index contributed by atoms with van der Waals surface area (Å²) in [6.45, 7) is 9.49. The number of Topliss-reactive ketones (excluding diaryl/α,β-unsaturated/α-hetero) is 1. The highest BCUT2D eigenvalue weighted by Crippen LogP contribution is 2.37. The predicted octanol–water partition coefficient (Wildman–Crippen LogP) is 9.18. The Kier molecular flexibility index (Phi) is 14.7. The Labute approximate surface area is 279 Å². The molecule has 11 heteroatoms. The first-order valence-electron chi connectivity index (χ1n) is 17.1. The summed E-state index contributed by atoms with van der Waals surface area (Å²) in [5, 5.41) is 14.4. The van der Waals surface area contributed by atoms with E-state index in [9.17, 15) is 23.1 Å². The summed E-state index contributed by atoms with van der Waals surface area (Å²) in [6.07, 6.45) is 18.5. The van der Waals surface area contributed by atoms with E-state index in [1.54, 1.807) is 32.9 Å². The standard InChI is InChI=1S/C35H54N4O5S2/c1-6-8-9-10-11-12-13-14-15-16-17-18-19-20-24-46(43,44)38-27-22-21-23-29-30(27)37-33(45-29)31(32(40)35(3,4)5)39-28(7-2)26(25-36-39)34(41)42/h21-23,25,31,38H,6-20,24H2,1-5H3,(H,41,42). The second kappa shape index (κ2) is 17.9. The van der Waals surface area contributed by atoms with Gasteiger partial charge in [0.1, 0.15) is 16.1 Å². The highest BCUT2D eigenvalue weighted by molar-refractivity contribution is 7.92. The first-order valence-corrected chi connectivity index (χ1v) is 19.6. The van der Waals surface area contributed by atoms with Crippen LogP contribution in [0.3, 0.4) is 0 Å². The van der Waals surface area contributed by atoms with Crippen LogP contribution >= 0.6 is 11.3 Å². The summed E-state index contributed by atoms with van der Waals surface area (Å²) >= 11 is 1.29. The summed E-state index contributed by atoms with van der Waals surface area (Å²) in [6, 6.07) is 4.35. The predicted molar refractivity (Wildman–Crippen MR) is 189 cm³/mol. The molecule has 3 aromatic rings. The fraction of sp³-hybridized carbons (Fsp3) is 0.657. The molecule has 9 nitrogen and oxygen atoms in total. The highest BCUT2D eigenvalue weighted by Gasteiger charge is 2.37. The number of aromatic carboxylic acids is 1. The molecule has 3 rings (SSSR count). The van der Waals surface area contributed by atoms with Crippen molar-refractivity contribution in [2.75, 3.05) is 10.5 Å². The average Bonchev–Trinajstić information content (AvgIpc) is 3.62. The van der Waals surface area contributed by atoms with Gasteiger partial charge in [-0.15, -0.1) is 11.3 Å². The van der Waals surface area contributed by atoms with Crippen molar-refractivity contribution in [2.24, 2.45) is 5.41 Å². The lowest BCUT2D eigenvalue weighted by atomic mass is 9.86. The Hall–Kier alpha value is -2.79. The molecule has 1 unspecified atom stereocenters. The van der Waals surface area contributed by atoms with E-state index < -0.39 is 27.4 Å². The number of nitrogens with zero attached hydrogens (tertiary/aromatic N) is 3. The van der Waals surface area contributed by atoms with Gasteiger partial charge in [-0.1, -0.05) is 124 Å². The maximum absolute atomic E-state index is 13.8. The molecule has 0 amide bonds. The van der Waals surface area contributed by atoms with Gasteiger partial charge < -0.3 is 5.11 Å². The number of thiazole rings is 1. The topological polar surface area (TPSA) is 131 Å². The number of benzene rings is 1. The number of fused-ring (bicyclic) bond motifs is 1. The molecule has 0 spiro atoms. The lowest BCUT2D eigenvalue weighted by molar-refractivity contribution is -0.128. The Bertz CT molecular complexity index is 1520. The number of hydrogen-bond acceptors (Lipinski definition) is 7. The van der Waals surface area contributed by atoms with Crippen molar-refractivity contribution in [3.05, 3.63) is 40.7 Å². The smallest absolute Gasteiger partial charge is 0.339 e. The number of anilines is 1. The molecule has 0 aliphatic carbocycles. The van der Waals surface area contributed by atoms with Crippen LogP contribution in [0.5, 0.6) is 0 Å². The number of unbranched alkanes of at least 4 members (excludes halogenated alkanes) is 13. The Morgan fingerprint density at radius 1 is 0.913 bits per heavy atom. The maximum atomic E-state index is 13.8. The van der Waals surface area contributed by atoms with E-state index in [1.165, 1.54) is 86.4 Å². The van der Waals surface area contributed by atoms with E-state index in [-0.39, 0.29) is 17.1 Å². The molecule has 1 aromatic carbocycles. The molecular formula is C35H54N4O5S2. The fourth-order valence-electron chi connectivity index (χ4n) is 5.75. The van der Waals surface area contributed by atoms with Gasteiger partial charge in [0.2, 0.25) is 10.0 Å². The molecule has 0 fully saturated rings. The summed E-state index contributed by atoms with van der Waals surface area (Å²) in [4.78, 5) is 30.4. The normalized spacial score (nSPS) is 12.9. The zero-order valence-electron chi connectivity index (χ0n) is 28.4. The molecule has 0 saturated heterocycles. The number of carbonyl (C=O) groups is 2. The van der Waals surface area contributed by atoms with Crippen LogP contribution in [0.2, 0.25) is 0 Å². The van der Waals surface area contributed by atoms with Crippen molar-refractivity contribution < 1.29 is 23.1 Å². The molecule has 0 saturated carbocycles. The number of sulfonamides is 1. The average molecular weight is 675 g/mol. The Morgan fingerprint density at radius 2 is 1.48 bits per heavy atom. The van der Waals surface area contributed by atoms with E-state index in [0.717, 1.165) is 24.0 Å². The number of carbonyl (C=O) groups excluding carboxylic acids is 1. The minimum atomic E-state index is -3.60. The Morgan fingerprint density at radius 3 is 2.00 bits per heavy atom. The molecule has 46 heavy (non-hydrogen) atoms. The van der Waals surface area contributed by atoms with Crippen LogP contribution in [0, 0.1) is 5.41 Å². The third-order valence-electron chi connectivity index (χ3n) is 8.40. The first-order chi connectivity index (χ1) is 21.9. The molecule has 2 N–H and O–H groups in total. The second-order valence-corrected chi connectivity index (χ2v) is 16.3. The van der Waals surface area contributed by atoms with Gasteiger partial charge in [-0.2, -0.15) is 5.10 Å². The molecule has 0 bridgehead atoms. The van der Waals surface area contributed by atoms with Crippen LogP contribution < -0.4 is 4.72 Å². The molecule has 0 radical (unpaired) electrons. The molecule has 0 aliphatic rings. The Balaban J connectivity index is 1.60. The minimum Gasteiger partial charge on any atom is -0.478 e. The number of nitrogens with one attached hydrogen (secondary N) is 1. The van der Waals surface area contributed by atoms with Crippen molar-refractivity contribution in [3.63, 3.8) is 0 Å². The van der Waals surface area contributed by atoms with E-state index in [4.69, 9.17) is 4.98 Å². The minimum absolute atomic E-state index is 0.0364. The van der Waals surface area contributed by atoms with Gasteiger partial charge >= 0.3 is 5.97 Å². The van der Waals surface area contributed by atoms with Gasteiger partial charge in [-0.3, -0.25) is 14.2 Å². The van der Waals surface area contributed by atoms with Crippen LogP contribution in [-0.2, 0) is 21.2 Å². The second-order valence-electron chi connectivity index (χ2n) is 13.3. The summed E-state index contributed by atoms with van der Waals surface area (Å²) < 4.78 is 31.0. The van der Waals surface area contributed by atoms with E-state index in [1.807, 2.05) is 13.0 Å². The molecule has 2 heterocycles. The zero-order chi connectivity index (χ0) is 33.7. The SMILES string of the molecule is CCCCCCCCCCCCCCCCS(=O)(=O)Nc1cccc2sc(C(C(=O)C(C)(C)C)n3ncc(C(=O)O)c3CC)nc12. The van der Waals surface area contributed by atoms with Gasteiger partial charge in [0.25, 0.3) is 0 Å². The van der Waals surface area contributed by atoms with Gasteiger partial charge in [-0.25, -0.2) is 18.2 Å². The van der Waals surface area contributed by atoms with Crippen LogP contribution in [0.1, 0.15) is 152 Å². The van der Waals surface area contributed by atoms with Crippen LogP contribution in [0.15, 0.2) is 24.4 Å². The molecule has 2 aromatic heterocycles. The number of carboxylic acid groups (broad SMARTS) is 1. The third-order valence-corrected chi connectivity index (χ3v) is 10.8. The molecule has 0 aliphatic heterocycles. The van der Waals surface area contributed by atoms with Crippen molar-refractivity contribution in [2.45, 2.75) is 137 Å². The van der Waals surface area contributed by atoms with E-state index in [0.29, 0.717) is 34.7 Å². The number of rotatable bonds is 22. The lowest BCUT2D eigenvalue weighted by Crippen LogP contribution is -2.33. The van der Waals surface area contributed by atoms with E-state index >= 15 is 0 Å². The molecule has 256 valence electrons. The third kappa shape index (κ3) is 10.9. The number of para-hydroxylation sites is 1. The quantitative estimate of drug-likeness (QED) is 0.102. The highest BCUT2D eigenvalue weighted by atomic mass is 32.2. The van der Waals surface area contributed by atoms with Crippen molar-refractivity contribution in [1.82, 2.24) is 14.8 Å². The number of hydrogen-bond donors (Lipinski definition) is 2. The summed E-state index contributed by atoms with van der Waals surface area (Å²) in [5.41, 5.74) is 0.550. The van der Waals surface area contributed by atoms with Gasteiger partial charge in [0.15, 0.2) is 11.8 Å². The van der Waals surface area contributed by atoms with Gasteiger partial charge in [-0.05, 0) is 25.0 Å². The van der Waals surface area contributed by atoms with Gasteiger partial charge in [0.05, 0.1) is 28.0 Å². The summed E-state index contributed by atoms with van der Waals surface area (Å²) in [5.74, 6) is -1.24.